The molecule has 0 saturated carbocycles. The first-order chi connectivity index (χ1) is 8.33. The molecule has 18 heavy (non-hydrogen) atoms. The zero-order valence-electron chi connectivity index (χ0n) is 10.6. The smallest absolute Gasteiger partial charge is 0.0937 e. The van der Waals surface area contributed by atoms with E-state index in [1.54, 1.807) is 17.4 Å². The van der Waals surface area contributed by atoms with Gasteiger partial charge in [0.05, 0.1) is 10.7 Å². The molecule has 1 aromatic heterocycles. The van der Waals surface area contributed by atoms with Crippen LogP contribution in [0, 0.1) is 5.41 Å². The van der Waals surface area contributed by atoms with Gasteiger partial charge in [0.1, 0.15) is 0 Å². The average molecular weight is 300 g/mol. The van der Waals surface area contributed by atoms with Crippen molar-refractivity contribution in [3.8, 4) is 11.3 Å². The Morgan fingerprint density at radius 3 is 2.28 bits per heavy atom. The number of aromatic nitrogens is 1. The van der Waals surface area contributed by atoms with Crippen molar-refractivity contribution in [1.29, 1.82) is 0 Å². The van der Waals surface area contributed by atoms with Gasteiger partial charge in [-0.25, -0.2) is 4.98 Å². The van der Waals surface area contributed by atoms with Crippen LogP contribution in [0.5, 0.6) is 0 Å². The van der Waals surface area contributed by atoms with Crippen LogP contribution in [0.25, 0.3) is 11.3 Å². The molecule has 0 N–H and O–H groups in total. The van der Waals surface area contributed by atoms with Crippen molar-refractivity contribution in [2.24, 2.45) is 5.41 Å². The summed E-state index contributed by atoms with van der Waals surface area (Å²) in [5, 5.41) is 4.49. The van der Waals surface area contributed by atoms with E-state index >= 15 is 0 Å². The van der Waals surface area contributed by atoms with E-state index in [2.05, 4.69) is 31.1 Å². The number of rotatable bonds is 2. The Morgan fingerprint density at radius 1 is 1.11 bits per heavy atom. The lowest BCUT2D eigenvalue weighted by Gasteiger charge is -2.15. The van der Waals surface area contributed by atoms with E-state index in [0.717, 1.165) is 22.7 Å². The van der Waals surface area contributed by atoms with Crippen molar-refractivity contribution in [1.82, 2.24) is 4.98 Å². The second kappa shape index (κ2) is 5.20. The summed E-state index contributed by atoms with van der Waals surface area (Å²) >= 11 is 13.7. The molecule has 1 heterocycles. The van der Waals surface area contributed by atoms with Gasteiger partial charge in [0.25, 0.3) is 0 Å². The van der Waals surface area contributed by atoms with E-state index in [4.69, 9.17) is 23.2 Å². The fourth-order valence-electron chi connectivity index (χ4n) is 1.68. The van der Waals surface area contributed by atoms with Crippen molar-refractivity contribution in [3.05, 3.63) is 38.6 Å². The number of benzene rings is 1. The summed E-state index contributed by atoms with van der Waals surface area (Å²) in [7, 11) is 0. The van der Waals surface area contributed by atoms with Gasteiger partial charge in [-0.1, -0.05) is 44.0 Å². The lowest BCUT2D eigenvalue weighted by Crippen LogP contribution is -2.08. The third-order valence-corrected chi connectivity index (χ3v) is 3.68. The Hall–Kier alpha value is -0.570. The first-order valence-corrected chi connectivity index (χ1v) is 7.38. The van der Waals surface area contributed by atoms with E-state index in [9.17, 15) is 0 Å². The second-order valence-electron chi connectivity index (χ2n) is 5.52. The Bertz CT molecular complexity index is 535. The van der Waals surface area contributed by atoms with Crippen LogP contribution < -0.4 is 0 Å². The van der Waals surface area contributed by atoms with Gasteiger partial charge in [-0.3, -0.25) is 0 Å². The molecule has 2 aromatic rings. The molecule has 2 rings (SSSR count). The van der Waals surface area contributed by atoms with Crippen LogP contribution in [0.2, 0.25) is 10.0 Å². The molecule has 0 spiro atoms. The number of halogens is 2. The average Bonchev–Trinajstić information content (AvgIpc) is 2.61. The highest BCUT2D eigenvalue weighted by atomic mass is 35.5. The third-order valence-electron chi connectivity index (χ3n) is 2.39. The molecule has 0 amide bonds. The molecule has 0 fully saturated rings. The first-order valence-electron chi connectivity index (χ1n) is 5.74. The zero-order chi connectivity index (χ0) is 13.3. The Morgan fingerprint density at radius 2 is 1.72 bits per heavy atom. The lowest BCUT2D eigenvalue weighted by atomic mass is 9.93. The monoisotopic (exact) mass is 299 g/mol. The molecule has 0 radical (unpaired) electrons. The summed E-state index contributed by atoms with van der Waals surface area (Å²) in [4.78, 5) is 4.65. The van der Waals surface area contributed by atoms with Gasteiger partial charge < -0.3 is 0 Å². The molecule has 4 heteroatoms. The number of hydrogen-bond acceptors (Lipinski definition) is 2. The minimum absolute atomic E-state index is 0.251. The van der Waals surface area contributed by atoms with Crippen molar-refractivity contribution in [2.45, 2.75) is 27.2 Å². The maximum absolute atomic E-state index is 6.00. The van der Waals surface area contributed by atoms with Crippen LogP contribution in [-0.2, 0) is 6.42 Å². The van der Waals surface area contributed by atoms with Crippen LogP contribution in [0.15, 0.2) is 23.6 Å². The Labute approximate surface area is 122 Å². The molecule has 0 bridgehead atoms. The first kappa shape index (κ1) is 13.9. The molecule has 0 aliphatic rings. The van der Waals surface area contributed by atoms with Gasteiger partial charge in [-0.2, -0.15) is 0 Å². The largest absolute Gasteiger partial charge is 0.241 e. The number of hydrogen-bond donors (Lipinski definition) is 0. The van der Waals surface area contributed by atoms with Gasteiger partial charge in [0.15, 0.2) is 0 Å². The van der Waals surface area contributed by atoms with Gasteiger partial charge >= 0.3 is 0 Å². The fourth-order valence-corrected chi connectivity index (χ4v) is 3.31. The normalized spacial score (nSPS) is 11.8. The predicted molar refractivity (Wildman–Crippen MR) is 80.7 cm³/mol. The number of nitrogens with zero attached hydrogens (tertiary/aromatic N) is 1. The van der Waals surface area contributed by atoms with E-state index in [1.165, 1.54) is 0 Å². The zero-order valence-corrected chi connectivity index (χ0v) is 13.0. The fraction of sp³-hybridized carbons (Fsp3) is 0.357. The van der Waals surface area contributed by atoms with Gasteiger partial charge in [-0.15, -0.1) is 11.3 Å². The minimum atomic E-state index is 0.251. The van der Waals surface area contributed by atoms with E-state index in [1.807, 2.05) is 12.1 Å². The quantitative estimate of drug-likeness (QED) is 0.692. The number of thiazole rings is 1. The molecule has 0 unspecified atom stereocenters. The third kappa shape index (κ3) is 3.71. The highest BCUT2D eigenvalue weighted by molar-refractivity contribution is 7.09. The summed E-state index contributed by atoms with van der Waals surface area (Å²) in [5.41, 5.74) is 2.17. The minimum Gasteiger partial charge on any atom is -0.241 e. The molecule has 0 saturated heterocycles. The molecule has 1 aromatic carbocycles. The topological polar surface area (TPSA) is 12.9 Å². The van der Waals surface area contributed by atoms with Crippen LogP contribution in [0.3, 0.4) is 0 Å². The predicted octanol–water partition coefficient (Wildman–Crippen LogP) is 5.71. The highest BCUT2D eigenvalue weighted by Crippen LogP contribution is 2.30. The van der Waals surface area contributed by atoms with Crippen LogP contribution in [-0.4, -0.2) is 4.98 Å². The van der Waals surface area contributed by atoms with Crippen molar-refractivity contribution in [3.63, 3.8) is 0 Å². The molecule has 1 nitrogen and oxygen atoms in total. The molecule has 96 valence electrons. The highest BCUT2D eigenvalue weighted by Gasteiger charge is 2.14. The maximum atomic E-state index is 6.00. The molecule has 0 aliphatic heterocycles. The summed E-state index contributed by atoms with van der Waals surface area (Å²) < 4.78 is 0. The second-order valence-corrected chi connectivity index (χ2v) is 7.34. The standard InChI is InChI=1S/C14H15Cl2NS/c1-14(2,3)7-13-17-12(8-18-13)9-4-10(15)6-11(16)5-9/h4-6,8H,7H2,1-3H3. The lowest BCUT2D eigenvalue weighted by molar-refractivity contribution is 0.410. The summed E-state index contributed by atoms with van der Waals surface area (Å²) in [6.45, 7) is 6.64. The Kier molecular flexibility index (Phi) is 4.00. The van der Waals surface area contributed by atoms with Gasteiger partial charge in [0, 0.05) is 27.4 Å². The van der Waals surface area contributed by atoms with Crippen molar-refractivity contribution >= 4 is 34.5 Å². The van der Waals surface area contributed by atoms with Crippen LogP contribution in [0.1, 0.15) is 25.8 Å². The van der Waals surface area contributed by atoms with Gasteiger partial charge in [0.2, 0.25) is 0 Å². The van der Waals surface area contributed by atoms with E-state index in [-0.39, 0.29) is 5.41 Å². The SMILES string of the molecule is CC(C)(C)Cc1nc(-c2cc(Cl)cc(Cl)c2)cs1. The van der Waals surface area contributed by atoms with Gasteiger partial charge in [-0.05, 0) is 23.6 Å². The van der Waals surface area contributed by atoms with Crippen LogP contribution >= 0.6 is 34.5 Å². The summed E-state index contributed by atoms with van der Waals surface area (Å²) in [5.74, 6) is 0. The molecule has 0 aliphatic carbocycles. The maximum Gasteiger partial charge on any atom is 0.0937 e. The van der Waals surface area contributed by atoms with E-state index < -0.39 is 0 Å². The molecular formula is C14H15Cl2NS. The van der Waals surface area contributed by atoms with Crippen LogP contribution in [0.4, 0.5) is 0 Å². The summed E-state index contributed by atoms with van der Waals surface area (Å²) in [6.07, 6.45) is 0.978. The van der Waals surface area contributed by atoms with Crippen molar-refractivity contribution < 1.29 is 0 Å². The molecular weight excluding hydrogens is 285 g/mol. The summed E-state index contributed by atoms with van der Waals surface area (Å²) in [6, 6.07) is 5.52. The van der Waals surface area contributed by atoms with Crippen molar-refractivity contribution in [2.75, 3.05) is 0 Å². The molecule has 0 atom stereocenters. The Balaban J connectivity index is 2.29. The van der Waals surface area contributed by atoms with E-state index in [0.29, 0.717) is 10.0 Å².